The zero-order valence-corrected chi connectivity index (χ0v) is 21.1. The Labute approximate surface area is 216 Å². The molecule has 6 heteroatoms. The average molecular weight is 492 g/mol. The van der Waals surface area contributed by atoms with Gasteiger partial charge in [0.25, 0.3) is 5.91 Å². The molecular weight excluding hydrogens is 462 g/mol. The Balaban J connectivity index is 1.37. The number of amides is 1. The van der Waals surface area contributed by atoms with Crippen molar-refractivity contribution in [1.82, 2.24) is 9.88 Å². The molecule has 6 rings (SSSR count). The summed E-state index contributed by atoms with van der Waals surface area (Å²) in [6.07, 6.45) is 1.48. The number of carbonyl (C=O) groups excluding carboxylic acids is 2. The highest BCUT2D eigenvalue weighted by atomic mass is 16.5. The number of hydrogen-bond donors (Lipinski definition) is 0. The van der Waals surface area contributed by atoms with E-state index in [0.29, 0.717) is 12.1 Å². The van der Waals surface area contributed by atoms with E-state index in [0.717, 1.165) is 70.5 Å². The zero-order valence-electron chi connectivity index (χ0n) is 21.1. The molecule has 0 saturated heterocycles. The molecule has 1 amide bonds. The smallest absolute Gasteiger partial charge is 0.339 e. The van der Waals surface area contributed by atoms with Crippen molar-refractivity contribution in [3.63, 3.8) is 0 Å². The van der Waals surface area contributed by atoms with Crippen molar-refractivity contribution in [3.05, 3.63) is 101 Å². The van der Waals surface area contributed by atoms with Crippen molar-refractivity contribution in [3.8, 4) is 0 Å². The lowest BCUT2D eigenvalue weighted by atomic mass is 9.96. The van der Waals surface area contributed by atoms with Crippen molar-refractivity contribution >= 4 is 34.2 Å². The van der Waals surface area contributed by atoms with E-state index in [1.807, 2.05) is 67.7 Å². The lowest BCUT2D eigenvalue weighted by Crippen LogP contribution is -2.38. The van der Waals surface area contributed by atoms with Gasteiger partial charge in [-0.15, -0.1) is 0 Å². The van der Waals surface area contributed by atoms with Gasteiger partial charge in [0, 0.05) is 36.2 Å². The van der Waals surface area contributed by atoms with Gasteiger partial charge in [-0.3, -0.25) is 14.7 Å². The molecule has 0 N–H and O–H groups in total. The zero-order chi connectivity index (χ0) is 25.5. The molecule has 0 spiro atoms. The second kappa shape index (κ2) is 9.45. The Morgan fingerprint density at radius 3 is 2.19 bits per heavy atom. The van der Waals surface area contributed by atoms with Crippen LogP contribution < -0.4 is 4.90 Å². The fourth-order valence-electron chi connectivity index (χ4n) is 5.53. The molecule has 3 heterocycles. The highest BCUT2D eigenvalue weighted by molar-refractivity contribution is 6.08. The fourth-order valence-corrected chi connectivity index (χ4v) is 5.53. The number of nitrogens with zero attached hydrogens (tertiary/aromatic N) is 3. The quantitative estimate of drug-likeness (QED) is 0.367. The number of fused-ring (bicyclic) bond motifs is 4. The van der Waals surface area contributed by atoms with Gasteiger partial charge in [-0.2, -0.15) is 0 Å². The molecule has 1 atom stereocenters. The molecule has 186 valence electrons. The van der Waals surface area contributed by atoms with E-state index in [2.05, 4.69) is 17.0 Å². The Morgan fingerprint density at radius 2 is 1.49 bits per heavy atom. The van der Waals surface area contributed by atoms with Gasteiger partial charge in [0.15, 0.2) is 6.10 Å². The number of carbonyl (C=O) groups is 2. The number of aryl methyl sites for hydroxylation is 2. The van der Waals surface area contributed by atoms with Gasteiger partial charge in [0.2, 0.25) is 0 Å². The number of anilines is 2. The van der Waals surface area contributed by atoms with E-state index in [4.69, 9.17) is 9.72 Å². The van der Waals surface area contributed by atoms with Gasteiger partial charge in [-0.05, 0) is 56.1 Å². The predicted octanol–water partition coefficient (Wildman–Crippen LogP) is 5.23. The maximum atomic E-state index is 14.0. The molecule has 4 aromatic rings. The van der Waals surface area contributed by atoms with Crippen LogP contribution in [0.15, 0.2) is 72.8 Å². The molecule has 0 saturated carbocycles. The summed E-state index contributed by atoms with van der Waals surface area (Å²) in [4.78, 5) is 36.5. The summed E-state index contributed by atoms with van der Waals surface area (Å²) in [7, 11) is 2.04. The molecule has 6 nitrogen and oxygen atoms in total. The minimum Gasteiger partial charge on any atom is -0.449 e. The summed E-state index contributed by atoms with van der Waals surface area (Å²) in [5, 5.41) is 0.756. The molecule has 0 fully saturated rings. The molecule has 0 bridgehead atoms. The number of rotatable bonds is 3. The molecule has 2 aliphatic rings. The molecule has 1 aromatic heterocycles. The van der Waals surface area contributed by atoms with Crippen LogP contribution in [0, 0.1) is 0 Å². The average Bonchev–Trinajstić information content (AvgIpc) is 3.08. The molecule has 1 unspecified atom stereocenters. The highest BCUT2D eigenvalue weighted by Crippen LogP contribution is 2.37. The van der Waals surface area contributed by atoms with Crippen LogP contribution in [0.3, 0.4) is 0 Å². The highest BCUT2D eigenvalue weighted by Gasteiger charge is 2.32. The normalized spacial score (nSPS) is 15.8. The SMILES string of the molecule is CC(OC(=O)c1c2c(nc3ccccc13)CCN(C)C2)C(=O)N1c2ccccc2CCc2ccccc21. The lowest BCUT2D eigenvalue weighted by Gasteiger charge is -2.29. The van der Waals surface area contributed by atoms with Crippen LogP contribution in [0.25, 0.3) is 10.9 Å². The van der Waals surface area contributed by atoms with E-state index in [1.165, 1.54) is 0 Å². The fraction of sp³-hybridized carbons (Fsp3) is 0.258. The minimum atomic E-state index is -0.976. The van der Waals surface area contributed by atoms with Crippen molar-refractivity contribution in [2.75, 3.05) is 18.5 Å². The summed E-state index contributed by atoms with van der Waals surface area (Å²) in [6, 6.07) is 23.6. The maximum Gasteiger partial charge on any atom is 0.339 e. The van der Waals surface area contributed by atoms with Crippen LogP contribution in [-0.2, 0) is 35.3 Å². The number of para-hydroxylation sites is 3. The van der Waals surface area contributed by atoms with E-state index < -0.39 is 12.1 Å². The molecule has 37 heavy (non-hydrogen) atoms. The molecule has 2 aliphatic heterocycles. The largest absolute Gasteiger partial charge is 0.449 e. The van der Waals surface area contributed by atoms with Gasteiger partial charge in [-0.1, -0.05) is 54.6 Å². The summed E-state index contributed by atoms with van der Waals surface area (Å²) >= 11 is 0. The van der Waals surface area contributed by atoms with Gasteiger partial charge in [-0.25, -0.2) is 4.79 Å². The first kappa shape index (κ1) is 23.4. The second-order valence-corrected chi connectivity index (χ2v) is 9.90. The summed E-state index contributed by atoms with van der Waals surface area (Å²) in [6.45, 7) is 3.17. The van der Waals surface area contributed by atoms with E-state index >= 15 is 0 Å². The second-order valence-electron chi connectivity index (χ2n) is 9.90. The van der Waals surface area contributed by atoms with Crippen LogP contribution in [0.1, 0.15) is 39.7 Å². The molecule has 3 aromatic carbocycles. The predicted molar refractivity (Wildman–Crippen MR) is 144 cm³/mol. The van der Waals surface area contributed by atoms with Gasteiger partial charge >= 0.3 is 5.97 Å². The third kappa shape index (κ3) is 4.17. The molecule has 0 radical (unpaired) electrons. The first-order chi connectivity index (χ1) is 18.0. The van der Waals surface area contributed by atoms with Crippen molar-refractivity contribution in [2.45, 2.75) is 38.8 Å². The van der Waals surface area contributed by atoms with E-state index in [9.17, 15) is 9.59 Å². The summed E-state index contributed by atoms with van der Waals surface area (Å²) in [5.74, 6) is -0.748. The van der Waals surface area contributed by atoms with Crippen LogP contribution in [0.2, 0.25) is 0 Å². The van der Waals surface area contributed by atoms with Crippen LogP contribution in [-0.4, -0.2) is 41.5 Å². The monoisotopic (exact) mass is 491 g/mol. The third-order valence-corrected chi connectivity index (χ3v) is 7.42. The van der Waals surface area contributed by atoms with Gasteiger partial charge < -0.3 is 9.64 Å². The third-order valence-electron chi connectivity index (χ3n) is 7.42. The topological polar surface area (TPSA) is 62.7 Å². The van der Waals surface area contributed by atoms with Crippen LogP contribution >= 0.6 is 0 Å². The number of benzene rings is 3. The minimum absolute atomic E-state index is 0.264. The van der Waals surface area contributed by atoms with Crippen molar-refractivity contribution in [1.29, 1.82) is 0 Å². The van der Waals surface area contributed by atoms with Crippen molar-refractivity contribution in [2.24, 2.45) is 0 Å². The first-order valence-corrected chi connectivity index (χ1v) is 12.8. The molecule has 0 aliphatic carbocycles. The van der Waals surface area contributed by atoms with Crippen LogP contribution in [0.4, 0.5) is 11.4 Å². The van der Waals surface area contributed by atoms with Gasteiger partial charge in [0.05, 0.1) is 22.5 Å². The number of hydrogen-bond acceptors (Lipinski definition) is 5. The first-order valence-electron chi connectivity index (χ1n) is 12.8. The Bertz CT molecular complexity index is 1480. The Kier molecular flexibility index (Phi) is 5.97. The van der Waals surface area contributed by atoms with Crippen LogP contribution in [0.5, 0.6) is 0 Å². The maximum absolute atomic E-state index is 14.0. The number of likely N-dealkylation sites (N-methyl/N-ethyl adjacent to an activating group) is 1. The number of pyridine rings is 1. The standard InChI is InChI=1S/C31H29N3O3/c1-20(30(35)34-27-13-7-3-9-21(27)15-16-22-10-4-8-14-28(22)34)37-31(36)29-23-11-5-6-12-25(23)32-26-17-18-33(2)19-24(26)29/h3-14,20H,15-19H2,1-2H3. The van der Waals surface area contributed by atoms with Crippen molar-refractivity contribution < 1.29 is 14.3 Å². The molecular formula is C31H29N3O3. The van der Waals surface area contributed by atoms with E-state index in [-0.39, 0.29) is 5.91 Å². The lowest BCUT2D eigenvalue weighted by molar-refractivity contribution is -0.125. The number of esters is 1. The Morgan fingerprint density at radius 1 is 0.865 bits per heavy atom. The Hall–Kier alpha value is -4.03. The number of ether oxygens (including phenoxy) is 1. The summed E-state index contributed by atoms with van der Waals surface area (Å²) in [5.41, 5.74) is 6.99. The summed E-state index contributed by atoms with van der Waals surface area (Å²) < 4.78 is 5.96. The van der Waals surface area contributed by atoms with Gasteiger partial charge in [0.1, 0.15) is 0 Å². The number of aromatic nitrogens is 1. The van der Waals surface area contributed by atoms with E-state index in [1.54, 1.807) is 11.8 Å².